The van der Waals surface area contributed by atoms with E-state index in [2.05, 4.69) is 6.92 Å². The molecular formula is C21H27ClO4. The summed E-state index contributed by atoms with van der Waals surface area (Å²) in [5.41, 5.74) is 0.837. The Bertz CT molecular complexity index is 653. The van der Waals surface area contributed by atoms with E-state index in [0.717, 1.165) is 31.2 Å². The molecule has 1 aromatic carbocycles. The maximum atomic E-state index is 12.6. The summed E-state index contributed by atoms with van der Waals surface area (Å²) in [5, 5.41) is 0.620. The smallest absolute Gasteiger partial charge is 0.315 e. The Labute approximate surface area is 160 Å². The first kappa shape index (κ1) is 20.5. The molecule has 0 aromatic heterocycles. The van der Waals surface area contributed by atoms with E-state index in [9.17, 15) is 9.59 Å². The van der Waals surface area contributed by atoms with E-state index in [1.54, 1.807) is 18.2 Å². The van der Waals surface area contributed by atoms with Gasteiger partial charge in [-0.3, -0.25) is 9.59 Å². The van der Waals surface area contributed by atoms with Crippen LogP contribution in [-0.2, 0) is 14.3 Å². The fraction of sp³-hybridized carbons (Fsp3) is 0.524. The van der Waals surface area contributed by atoms with Crippen LogP contribution in [0.2, 0.25) is 5.02 Å². The van der Waals surface area contributed by atoms with E-state index < -0.39 is 17.8 Å². The Morgan fingerprint density at radius 2 is 1.77 bits per heavy atom. The zero-order valence-corrected chi connectivity index (χ0v) is 16.3. The van der Waals surface area contributed by atoms with Gasteiger partial charge in [0.05, 0.1) is 18.4 Å². The molecule has 2 atom stereocenters. The number of carbonyl (C=O) groups is 2. The molecule has 1 aliphatic rings. The molecule has 0 saturated heterocycles. The average Bonchev–Trinajstić information content (AvgIpc) is 2.64. The summed E-state index contributed by atoms with van der Waals surface area (Å²) in [7, 11) is 0. The summed E-state index contributed by atoms with van der Waals surface area (Å²) in [6, 6.07) is 5.08. The van der Waals surface area contributed by atoms with Crippen molar-refractivity contribution in [2.45, 2.75) is 52.4 Å². The Hall–Kier alpha value is -1.81. The third kappa shape index (κ3) is 5.87. The number of carbonyl (C=O) groups excluding carboxylic acids is 2. The number of ether oxygens (including phenoxy) is 2. The first-order valence-electron chi connectivity index (χ1n) is 9.32. The van der Waals surface area contributed by atoms with Crippen LogP contribution in [0.5, 0.6) is 5.75 Å². The number of hydrogen-bond acceptors (Lipinski definition) is 4. The predicted octanol–water partition coefficient (Wildman–Crippen LogP) is 5.26. The molecule has 0 spiro atoms. The van der Waals surface area contributed by atoms with E-state index in [0.29, 0.717) is 30.2 Å². The largest absolute Gasteiger partial charge is 0.465 e. The van der Waals surface area contributed by atoms with Crippen molar-refractivity contribution in [1.29, 1.82) is 0 Å². The molecule has 2 rings (SSSR count). The van der Waals surface area contributed by atoms with E-state index in [4.69, 9.17) is 21.1 Å². The van der Waals surface area contributed by atoms with E-state index >= 15 is 0 Å². The fourth-order valence-electron chi connectivity index (χ4n) is 3.02. The van der Waals surface area contributed by atoms with Gasteiger partial charge in [0.15, 0.2) is 0 Å². The molecule has 1 aromatic rings. The van der Waals surface area contributed by atoms with Gasteiger partial charge in [-0.2, -0.15) is 0 Å². The highest BCUT2D eigenvalue weighted by Gasteiger charge is 2.36. The van der Waals surface area contributed by atoms with Crippen LogP contribution in [-0.4, -0.2) is 18.5 Å². The Morgan fingerprint density at radius 1 is 1.08 bits per heavy atom. The molecule has 5 heteroatoms. The van der Waals surface area contributed by atoms with Crippen molar-refractivity contribution in [1.82, 2.24) is 0 Å². The Kier molecular flexibility index (Phi) is 8.17. The average molecular weight is 379 g/mol. The molecule has 142 valence electrons. The number of hydrogen-bond donors (Lipinski definition) is 0. The highest BCUT2D eigenvalue weighted by atomic mass is 35.5. The molecule has 4 nitrogen and oxygen atoms in total. The summed E-state index contributed by atoms with van der Waals surface area (Å²) in [5.74, 6) is -1.26. The third-order valence-electron chi connectivity index (χ3n) is 4.63. The van der Waals surface area contributed by atoms with Crippen LogP contribution < -0.4 is 4.74 Å². The molecule has 1 aliphatic carbocycles. The van der Waals surface area contributed by atoms with Crippen LogP contribution in [0, 0.1) is 18.8 Å². The second-order valence-electron chi connectivity index (χ2n) is 6.72. The van der Waals surface area contributed by atoms with Crippen LogP contribution in [0.3, 0.4) is 0 Å². The zero-order valence-electron chi connectivity index (χ0n) is 15.5. The first-order valence-corrected chi connectivity index (χ1v) is 9.70. The molecule has 0 fully saturated rings. The van der Waals surface area contributed by atoms with Crippen molar-refractivity contribution < 1.29 is 19.1 Å². The third-order valence-corrected chi connectivity index (χ3v) is 5.05. The molecular weight excluding hydrogens is 352 g/mol. The highest BCUT2D eigenvalue weighted by molar-refractivity contribution is 6.31. The van der Waals surface area contributed by atoms with Gasteiger partial charge in [-0.15, -0.1) is 0 Å². The van der Waals surface area contributed by atoms with Crippen molar-refractivity contribution in [3.8, 4) is 5.75 Å². The van der Waals surface area contributed by atoms with E-state index in [-0.39, 0.29) is 5.97 Å². The van der Waals surface area contributed by atoms with Gasteiger partial charge < -0.3 is 9.47 Å². The van der Waals surface area contributed by atoms with E-state index in [1.165, 1.54) is 0 Å². The van der Waals surface area contributed by atoms with Crippen molar-refractivity contribution in [3.63, 3.8) is 0 Å². The molecule has 0 aliphatic heterocycles. The standard InChI is InChI=1S/C21H27ClO4/c1-3-4-5-8-13-25-20(23)17-9-6-7-10-18(17)21(24)26-16-11-12-19(22)15(2)14-16/h6-7,11-12,14,17-18H,3-5,8-10,13H2,1-2H3. The minimum atomic E-state index is -0.515. The van der Waals surface area contributed by atoms with Gasteiger partial charge in [0.1, 0.15) is 5.75 Å². The lowest BCUT2D eigenvalue weighted by molar-refractivity contribution is -0.156. The summed E-state index contributed by atoms with van der Waals surface area (Å²) >= 11 is 6.00. The van der Waals surface area contributed by atoms with Crippen molar-refractivity contribution in [2.24, 2.45) is 11.8 Å². The topological polar surface area (TPSA) is 52.6 Å². The molecule has 26 heavy (non-hydrogen) atoms. The monoisotopic (exact) mass is 378 g/mol. The molecule has 0 radical (unpaired) electrons. The van der Waals surface area contributed by atoms with Crippen LogP contribution in [0.1, 0.15) is 51.0 Å². The Morgan fingerprint density at radius 3 is 2.42 bits per heavy atom. The number of rotatable bonds is 8. The minimum absolute atomic E-state index is 0.305. The summed E-state index contributed by atoms with van der Waals surface area (Å²) < 4.78 is 10.9. The van der Waals surface area contributed by atoms with Gasteiger partial charge in [-0.1, -0.05) is 49.9 Å². The number of aryl methyl sites for hydroxylation is 1. The lowest BCUT2D eigenvalue weighted by Gasteiger charge is -2.25. The second kappa shape index (κ2) is 10.4. The van der Waals surface area contributed by atoms with Crippen molar-refractivity contribution in [3.05, 3.63) is 40.9 Å². The van der Waals surface area contributed by atoms with Crippen LogP contribution in [0.4, 0.5) is 0 Å². The normalized spacial score (nSPS) is 19.2. The van der Waals surface area contributed by atoms with Crippen LogP contribution in [0.25, 0.3) is 0 Å². The number of benzene rings is 1. The summed E-state index contributed by atoms with van der Waals surface area (Å²) in [4.78, 5) is 25.0. The number of allylic oxidation sites excluding steroid dienone is 2. The van der Waals surface area contributed by atoms with E-state index in [1.807, 2.05) is 19.1 Å². The Balaban J connectivity index is 1.94. The number of halogens is 1. The van der Waals surface area contributed by atoms with Gasteiger partial charge in [0, 0.05) is 5.02 Å². The maximum Gasteiger partial charge on any atom is 0.315 e. The molecule has 0 amide bonds. The number of esters is 2. The highest BCUT2D eigenvalue weighted by Crippen LogP contribution is 2.29. The van der Waals surface area contributed by atoms with Crippen molar-refractivity contribution in [2.75, 3.05) is 6.61 Å². The number of unbranched alkanes of at least 4 members (excludes halogenated alkanes) is 3. The van der Waals surface area contributed by atoms with Crippen molar-refractivity contribution >= 4 is 23.5 Å². The fourth-order valence-corrected chi connectivity index (χ4v) is 3.13. The predicted molar refractivity (Wildman–Crippen MR) is 102 cm³/mol. The minimum Gasteiger partial charge on any atom is -0.465 e. The molecule has 0 bridgehead atoms. The molecule has 0 heterocycles. The summed E-state index contributed by atoms with van der Waals surface area (Å²) in [6.07, 6.45) is 9.03. The van der Waals surface area contributed by atoms with Gasteiger partial charge in [-0.05, 0) is 49.9 Å². The molecule has 2 unspecified atom stereocenters. The van der Waals surface area contributed by atoms with Gasteiger partial charge in [0.25, 0.3) is 0 Å². The quantitative estimate of drug-likeness (QED) is 0.268. The maximum absolute atomic E-state index is 12.6. The second-order valence-corrected chi connectivity index (χ2v) is 7.12. The van der Waals surface area contributed by atoms with Crippen LogP contribution >= 0.6 is 11.6 Å². The first-order chi connectivity index (χ1) is 12.5. The zero-order chi connectivity index (χ0) is 18.9. The SMILES string of the molecule is CCCCCCOC(=O)C1CC=CCC1C(=O)Oc1ccc(Cl)c(C)c1. The molecule has 0 saturated carbocycles. The lowest BCUT2D eigenvalue weighted by Crippen LogP contribution is -2.35. The van der Waals surface area contributed by atoms with Gasteiger partial charge >= 0.3 is 11.9 Å². The summed E-state index contributed by atoms with van der Waals surface area (Å²) in [6.45, 7) is 4.40. The van der Waals surface area contributed by atoms with Crippen LogP contribution in [0.15, 0.2) is 30.4 Å². The molecule has 0 N–H and O–H groups in total. The van der Waals surface area contributed by atoms with Gasteiger partial charge in [-0.25, -0.2) is 0 Å². The van der Waals surface area contributed by atoms with Gasteiger partial charge in [0.2, 0.25) is 0 Å². The lowest BCUT2D eigenvalue weighted by atomic mass is 9.83.